The van der Waals surface area contributed by atoms with Crippen LogP contribution in [0.2, 0.25) is 0 Å². The minimum Gasteiger partial charge on any atom is -0.494 e. The first-order chi connectivity index (χ1) is 29.7. The Morgan fingerprint density at radius 2 is 0.540 bits per heavy atom. The summed E-state index contributed by atoms with van der Waals surface area (Å²) in [6, 6.07) is 26.7. The summed E-state index contributed by atoms with van der Waals surface area (Å²) in [5, 5.41) is 4.64. The van der Waals surface area contributed by atoms with Crippen LogP contribution in [0.15, 0.2) is 72.8 Å². The van der Waals surface area contributed by atoms with Crippen molar-refractivity contribution in [3.05, 3.63) is 95.1 Å². The van der Waals surface area contributed by atoms with Gasteiger partial charge >= 0.3 is 0 Å². The quantitative estimate of drug-likeness (QED) is 0.0581. The molecule has 0 N–H and O–H groups in total. The molecule has 0 atom stereocenters. The molecule has 0 unspecified atom stereocenters. The second-order valence-electron chi connectivity index (χ2n) is 21.3. The van der Waals surface area contributed by atoms with Gasteiger partial charge in [-0.25, -0.2) is 0 Å². The predicted molar refractivity (Wildman–Crippen MR) is 273 cm³/mol. The Labute approximate surface area is 388 Å². The van der Waals surface area contributed by atoms with Crippen molar-refractivity contribution in [2.45, 2.75) is 184 Å². The first kappa shape index (κ1) is 52.1. The molecule has 4 rings (SSSR count). The molecule has 0 bridgehead atoms. The lowest BCUT2D eigenvalue weighted by Crippen LogP contribution is -2.61. The minimum atomic E-state index is -2.27. The normalized spacial score (nSPS) is 12.6. The highest BCUT2D eigenvalue weighted by Gasteiger charge is 2.43. The van der Waals surface area contributed by atoms with E-state index in [1.807, 2.05) is 0 Å². The van der Waals surface area contributed by atoms with Crippen LogP contribution in [0.4, 0.5) is 0 Å². The number of benzene rings is 4. The molecule has 0 aliphatic heterocycles. The summed E-state index contributed by atoms with van der Waals surface area (Å²) < 4.78 is 36.5. The molecule has 0 aromatic heterocycles. The van der Waals surface area contributed by atoms with Crippen molar-refractivity contribution in [3.8, 4) is 23.0 Å². The minimum absolute atomic E-state index is 0.221. The van der Waals surface area contributed by atoms with Gasteiger partial charge in [0.1, 0.15) is 23.0 Å². The molecule has 2 radical (unpaired) electrons. The maximum absolute atomic E-state index is 8.61. The van der Waals surface area contributed by atoms with E-state index in [-0.39, 0.29) is 21.7 Å². The van der Waals surface area contributed by atoms with E-state index in [4.69, 9.17) is 23.1 Å². The maximum atomic E-state index is 8.61. The third-order valence-corrected chi connectivity index (χ3v) is 17.0. The summed E-state index contributed by atoms with van der Waals surface area (Å²) in [5.74, 6) is 3.62. The lowest BCUT2D eigenvalue weighted by molar-refractivity contribution is 0.309. The Balaban J connectivity index is 2.35. The Hall–Kier alpha value is -3.53. The van der Waals surface area contributed by atoms with Gasteiger partial charge in [-0.15, -0.1) is 0 Å². The number of hydrogen-bond donors (Lipinski definition) is 0. The largest absolute Gasteiger partial charge is 0.494 e. The van der Waals surface area contributed by atoms with Gasteiger partial charge in [-0.2, -0.15) is 0 Å². The number of ether oxygens (including phenoxy) is 4. The fourth-order valence-electron chi connectivity index (χ4n) is 7.90. The van der Waals surface area contributed by atoms with Gasteiger partial charge in [0.15, 0.2) is 0 Å². The summed E-state index contributed by atoms with van der Waals surface area (Å²) >= 11 is 0. The van der Waals surface area contributed by atoms with Gasteiger partial charge in [-0.05, 0) is 93.9 Å². The molecule has 0 heterocycles. The van der Waals surface area contributed by atoms with E-state index >= 15 is 0 Å². The molecule has 0 fully saturated rings. The Morgan fingerprint density at radius 3 is 0.714 bits per heavy atom. The van der Waals surface area contributed by atoms with Crippen LogP contribution >= 0.6 is 0 Å². The second-order valence-corrected chi connectivity index (χ2v) is 25.4. The van der Waals surface area contributed by atoms with Gasteiger partial charge in [-0.1, -0.05) is 185 Å². The molecular weight excluding hydrogens is 809 g/mol. The van der Waals surface area contributed by atoms with Crippen LogP contribution in [0.1, 0.15) is 184 Å². The van der Waals surface area contributed by atoms with Crippen LogP contribution in [-0.4, -0.2) is 44.5 Å². The molecule has 0 aliphatic rings. The van der Waals surface area contributed by atoms with Crippen molar-refractivity contribution in [3.63, 3.8) is 0 Å². The number of rotatable bonds is 22. The topological polar surface area (TPSA) is 46.2 Å². The van der Waals surface area contributed by atoms with Crippen LogP contribution in [0, 0.1) is 0 Å². The van der Waals surface area contributed by atoms with Crippen molar-refractivity contribution in [1.29, 1.82) is 0 Å². The highest BCUT2D eigenvalue weighted by molar-refractivity contribution is 6.93. The number of hydrogen-bond acceptors (Lipinski definition) is 5. The molecule has 4 aromatic rings. The zero-order valence-corrected chi connectivity index (χ0v) is 44.5. The second kappa shape index (κ2) is 23.1. The summed E-state index contributed by atoms with van der Waals surface area (Å²) in [7, 11) is -4.54. The molecule has 0 aliphatic carbocycles. The number of unbranched alkanes of at least 4 members (excludes halogenated alkanes) is 4. The van der Waals surface area contributed by atoms with Crippen molar-refractivity contribution in [2.24, 2.45) is 0 Å². The van der Waals surface area contributed by atoms with Crippen LogP contribution in [0.5, 0.6) is 23.0 Å². The van der Waals surface area contributed by atoms with Gasteiger partial charge in [0.25, 0.3) is 18.1 Å². The van der Waals surface area contributed by atoms with Crippen molar-refractivity contribution in [1.82, 2.24) is 0 Å². The molecule has 0 spiro atoms. The summed E-state index contributed by atoms with van der Waals surface area (Å²) in [4.78, 5) is 0. The van der Waals surface area contributed by atoms with E-state index in [9.17, 15) is 0 Å². The standard InChI is InChI=1S/C56H84O5Si2/c1-17-21-37-57-45-33-25-29-41(53(5,6)7)49(45)62(50-42(54(8,9)10)30-26-34-46(50)58-38-22-18-2)61-63(51-43(55(11,12)13)31-27-35-47(51)59-39-23-19-3)52-44(56(14,15)16)32-28-36-48(52)60-40-24-20-4/h25-36H,17-24,37-40H2,1-16H3. The van der Waals surface area contributed by atoms with Crippen LogP contribution in [0.25, 0.3) is 0 Å². The predicted octanol–water partition coefficient (Wildman–Crippen LogP) is 12.5. The summed E-state index contributed by atoms with van der Waals surface area (Å²) in [6.45, 7) is 39.3. The summed E-state index contributed by atoms with van der Waals surface area (Å²) in [5.41, 5.74) is 4.07. The van der Waals surface area contributed by atoms with Crippen molar-refractivity contribution >= 4 is 38.8 Å². The molecule has 346 valence electrons. The van der Waals surface area contributed by atoms with Gasteiger partial charge in [0, 0.05) is 20.7 Å². The molecule has 4 aromatic carbocycles. The van der Waals surface area contributed by atoms with E-state index in [2.05, 4.69) is 184 Å². The maximum Gasteiger partial charge on any atom is 0.280 e. The van der Waals surface area contributed by atoms with Gasteiger partial charge in [-0.3, -0.25) is 0 Å². The zero-order chi connectivity index (χ0) is 46.6. The fourth-order valence-corrected chi connectivity index (χ4v) is 15.2. The third kappa shape index (κ3) is 13.7. The van der Waals surface area contributed by atoms with E-state index in [0.717, 1.165) is 95.1 Å². The monoisotopic (exact) mass is 893 g/mol. The average Bonchev–Trinajstić information content (AvgIpc) is 3.20. The van der Waals surface area contributed by atoms with Crippen LogP contribution < -0.4 is 39.7 Å². The Morgan fingerprint density at radius 1 is 0.333 bits per heavy atom. The van der Waals surface area contributed by atoms with E-state index < -0.39 is 18.1 Å². The first-order valence-electron chi connectivity index (χ1n) is 24.2. The van der Waals surface area contributed by atoms with Gasteiger partial charge < -0.3 is 23.1 Å². The molecule has 7 heteroatoms. The molecule has 63 heavy (non-hydrogen) atoms. The Kier molecular flexibility index (Phi) is 19.1. The zero-order valence-electron chi connectivity index (χ0n) is 42.5. The lowest BCUT2D eigenvalue weighted by Gasteiger charge is -2.37. The van der Waals surface area contributed by atoms with Crippen LogP contribution in [-0.2, 0) is 25.8 Å². The van der Waals surface area contributed by atoms with Gasteiger partial charge in [0.05, 0.1) is 26.4 Å². The highest BCUT2D eigenvalue weighted by Crippen LogP contribution is 2.33. The van der Waals surface area contributed by atoms with Crippen LogP contribution in [0.3, 0.4) is 0 Å². The third-order valence-electron chi connectivity index (χ3n) is 11.5. The summed E-state index contributed by atoms with van der Waals surface area (Å²) in [6.07, 6.45) is 8.07. The van der Waals surface area contributed by atoms with E-state index in [0.29, 0.717) is 26.4 Å². The Bertz CT molecular complexity index is 1740. The van der Waals surface area contributed by atoms with Crippen molar-refractivity contribution < 1.29 is 23.1 Å². The van der Waals surface area contributed by atoms with E-state index in [1.165, 1.54) is 22.3 Å². The molecule has 0 saturated heterocycles. The molecule has 0 saturated carbocycles. The highest BCUT2D eigenvalue weighted by atomic mass is 28.4. The fraction of sp³-hybridized carbons (Fsp3) is 0.571. The molecular formula is C56H84O5Si2. The van der Waals surface area contributed by atoms with E-state index in [1.54, 1.807) is 0 Å². The molecule has 0 amide bonds. The smallest absolute Gasteiger partial charge is 0.280 e. The van der Waals surface area contributed by atoms with Gasteiger partial charge in [0.2, 0.25) is 0 Å². The molecule has 5 nitrogen and oxygen atoms in total. The first-order valence-corrected chi connectivity index (χ1v) is 27.0. The average molecular weight is 893 g/mol. The SMILES string of the molecule is CCCCOc1cccc(C(C)(C)C)c1[Si](O[Si](c1c(OCCCC)cccc1C(C)(C)C)c1c(OCCCC)cccc1C(C)(C)C)c1c(OCCCC)cccc1C(C)(C)C. The van der Waals surface area contributed by atoms with Crippen molar-refractivity contribution in [2.75, 3.05) is 26.4 Å². The lowest BCUT2D eigenvalue weighted by atomic mass is 9.86.